The first-order valence-corrected chi connectivity index (χ1v) is 5.96. The minimum atomic E-state index is 0.158. The third-order valence-corrected chi connectivity index (χ3v) is 3.17. The predicted molar refractivity (Wildman–Crippen MR) is 63.4 cm³/mol. The summed E-state index contributed by atoms with van der Waals surface area (Å²) < 4.78 is 0. The molecule has 1 saturated carbocycles. The van der Waals surface area contributed by atoms with Crippen molar-refractivity contribution in [1.29, 1.82) is 5.26 Å². The fraction of sp³-hybridized carbons (Fsp3) is 0.583. The fourth-order valence-electron chi connectivity index (χ4n) is 2.02. The van der Waals surface area contributed by atoms with Crippen molar-refractivity contribution in [2.24, 2.45) is 0 Å². The van der Waals surface area contributed by atoms with Gasteiger partial charge in [0.2, 0.25) is 0 Å². The van der Waals surface area contributed by atoms with Crippen molar-refractivity contribution in [3.63, 3.8) is 0 Å². The highest BCUT2D eigenvalue weighted by Crippen LogP contribution is 2.29. The van der Waals surface area contributed by atoms with Crippen molar-refractivity contribution in [3.05, 3.63) is 17.8 Å². The Morgan fingerprint density at radius 2 is 2.35 bits per heavy atom. The molecule has 0 aromatic carbocycles. The molecular formula is C12H16N4O. The predicted octanol–water partition coefficient (Wildman–Crippen LogP) is 1.09. The molecule has 90 valence electrons. The zero-order valence-electron chi connectivity index (χ0n) is 9.71. The second-order valence-electron chi connectivity index (χ2n) is 4.24. The van der Waals surface area contributed by atoms with Crippen molar-refractivity contribution in [2.75, 3.05) is 18.1 Å². The van der Waals surface area contributed by atoms with Crippen LogP contribution in [-0.2, 0) is 0 Å². The number of rotatable bonds is 5. The Labute approximate surface area is 101 Å². The number of hydrogen-bond donors (Lipinski definition) is 1. The summed E-state index contributed by atoms with van der Waals surface area (Å²) in [7, 11) is 0. The molecule has 1 aliphatic carbocycles. The molecular weight excluding hydrogens is 216 g/mol. The van der Waals surface area contributed by atoms with E-state index < -0.39 is 0 Å². The van der Waals surface area contributed by atoms with Crippen LogP contribution in [0, 0.1) is 11.3 Å². The van der Waals surface area contributed by atoms with Gasteiger partial charge >= 0.3 is 0 Å². The van der Waals surface area contributed by atoms with Crippen molar-refractivity contribution in [2.45, 2.75) is 31.7 Å². The molecule has 0 atom stereocenters. The summed E-state index contributed by atoms with van der Waals surface area (Å²) >= 11 is 0. The molecule has 0 bridgehead atoms. The minimum Gasteiger partial charge on any atom is -0.396 e. The number of aliphatic hydroxyl groups is 1. The standard InChI is InChI=1S/C12H16N4O/c13-9-10-5-6-14-15-12(10)16(7-2-8-17)11-3-1-4-11/h5-6,11,17H,1-4,7-8H2. The first-order valence-electron chi connectivity index (χ1n) is 5.96. The number of nitrogens with zero attached hydrogens (tertiary/aromatic N) is 4. The Balaban J connectivity index is 2.21. The first kappa shape index (κ1) is 11.8. The number of anilines is 1. The van der Waals surface area contributed by atoms with E-state index in [4.69, 9.17) is 10.4 Å². The molecule has 0 aliphatic heterocycles. The van der Waals surface area contributed by atoms with E-state index in [1.807, 2.05) is 0 Å². The first-order chi connectivity index (χ1) is 8.36. The third kappa shape index (κ3) is 2.53. The van der Waals surface area contributed by atoms with Crippen LogP contribution in [0.1, 0.15) is 31.2 Å². The highest BCUT2D eigenvalue weighted by atomic mass is 16.3. The number of nitriles is 1. The van der Waals surface area contributed by atoms with Crippen molar-refractivity contribution in [1.82, 2.24) is 10.2 Å². The summed E-state index contributed by atoms with van der Waals surface area (Å²) in [4.78, 5) is 2.12. The van der Waals surface area contributed by atoms with Gasteiger partial charge in [0, 0.05) is 19.2 Å². The van der Waals surface area contributed by atoms with E-state index in [0.29, 0.717) is 23.8 Å². The molecule has 5 nitrogen and oxygen atoms in total. The summed E-state index contributed by atoms with van der Waals surface area (Å²) in [5.74, 6) is 0.660. The Bertz CT molecular complexity index is 411. The van der Waals surface area contributed by atoms with Gasteiger partial charge in [-0.15, -0.1) is 5.10 Å². The van der Waals surface area contributed by atoms with Gasteiger partial charge in [-0.05, 0) is 31.7 Å². The maximum absolute atomic E-state index is 9.07. The van der Waals surface area contributed by atoms with Crippen molar-refractivity contribution >= 4 is 5.82 Å². The van der Waals surface area contributed by atoms with Gasteiger partial charge in [0.25, 0.3) is 0 Å². The number of hydrogen-bond acceptors (Lipinski definition) is 5. The Hall–Kier alpha value is -1.67. The molecule has 1 aliphatic rings. The average Bonchev–Trinajstić information content (AvgIpc) is 2.32. The molecule has 17 heavy (non-hydrogen) atoms. The molecule has 2 rings (SSSR count). The van der Waals surface area contributed by atoms with Crippen LogP contribution in [0.25, 0.3) is 0 Å². The van der Waals surface area contributed by atoms with Crippen LogP contribution in [-0.4, -0.2) is 34.5 Å². The molecule has 1 N–H and O–H groups in total. The Morgan fingerprint density at radius 3 is 2.94 bits per heavy atom. The summed E-state index contributed by atoms with van der Waals surface area (Å²) in [5, 5.41) is 25.9. The lowest BCUT2D eigenvalue weighted by Crippen LogP contribution is -2.42. The van der Waals surface area contributed by atoms with Crippen LogP contribution in [0.3, 0.4) is 0 Å². The van der Waals surface area contributed by atoms with Gasteiger partial charge in [-0.25, -0.2) is 0 Å². The molecule has 1 aromatic rings. The monoisotopic (exact) mass is 232 g/mol. The summed E-state index contributed by atoms with van der Waals surface area (Å²) in [6.45, 7) is 0.889. The van der Waals surface area contributed by atoms with Gasteiger partial charge in [0.15, 0.2) is 5.82 Å². The molecule has 0 radical (unpaired) electrons. The summed E-state index contributed by atoms with van der Waals surface area (Å²) in [5.41, 5.74) is 0.560. The van der Waals surface area contributed by atoms with Gasteiger partial charge in [0.05, 0.1) is 11.8 Å². The van der Waals surface area contributed by atoms with Crippen molar-refractivity contribution in [3.8, 4) is 6.07 Å². The van der Waals surface area contributed by atoms with E-state index >= 15 is 0 Å². The smallest absolute Gasteiger partial charge is 0.169 e. The van der Waals surface area contributed by atoms with Crippen LogP contribution in [0.5, 0.6) is 0 Å². The maximum Gasteiger partial charge on any atom is 0.169 e. The molecule has 0 saturated heterocycles. The van der Waals surface area contributed by atoms with E-state index in [0.717, 1.165) is 19.4 Å². The molecule has 1 aromatic heterocycles. The quantitative estimate of drug-likeness (QED) is 0.822. The van der Waals surface area contributed by atoms with Crippen LogP contribution >= 0.6 is 0 Å². The minimum absolute atomic E-state index is 0.158. The zero-order valence-corrected chi connectivity index (χ0v) is 9.71. The highest BCUT2D eigenvalue weighted by molar-refractivity contribution is 5.53. The van der Waals surface area contributed by atoms with Gasteiger partial charge in [-0.2, -0.15) is 10.4 Å². The molecule has 5 heteroatoms. The average molecular weight is 232 g/mol. The molecule has 0 unspecified atom stereocenters. The lowest BCUT2D eigenvalue weighted by molar-refractivity contribution is 0.282. The highest BCUT2D eigenvalue weighted by Gasteiger charge is 2.27. The van der Waals surface area contributed by atoms with Crippen LogP contribution in [0.4, 0.5) is 5.82 Å². The van der Waals surface area contributed by atoms with E-state index in [-0.39, 0.29) is 6.61 Å². The van der Waals surface area contributed by atoms with Gasteiger partial charge < -0.3 is 10.0 Å². The van der Waals surface area contributed by atoms with E-state index in [1.165, 1.54) is 12.6 Å². The van der Waals surface area contributed by atoms with Crippen LogP contribution < -0.4 is 4.90 Å². The lowest BCUT2D eigenvalue weighted by atomic mass is 9.91. The van der Waals surface area contributed by atoms with E-state index in [1.54, 1.807) is 6.07 Å². The van der Waals surface area contributed by atoms with E-state index in [9.17, 15) is 0 Å². The fourth-order valence-corrected chi connectivity index (χ4v) is 2.02. The zero-order chi connectivity index (χ0) is 12.1. The topological polar surface area (TPSA) is 73.0 Å². The SMILES string of the molecule is N#Cc1ccnnc1N(CCCO)C1CCC1. The summed E-state index contributed by atoms with van der Waals surface area (Å²) in [6.07, 6.45) is 5.72. The Kier molecular flexibility index (Phi) is 3.89. The van der Waals surface area contributed by atoms with Gasteiger partial charge in [-0.3, -0.25) is 0 Å². The second-order valence-corrected chi connectivity index (χ2v) is 4.24. The van der Waals surface area contributed by atoms with Gasteiger partial charge in [-0.1, -0.05) is 0 Å². The van der Waals surface area contributed by atoms with Crippen LogP contribution in [0.15, 0.2) is 12.3 Å². The number of aromatic nitrogens is 2. The lowest BCUT2D eigenvalue weighted by Gasteiger charge is -2.38. The second kappa shape index (κ2) is 5.60. The molecule has 1 heterocycles. The van der Waals surface area contributed by atoms with Crippen molar-refractivity contribution < 1.29 is 5.11 Å². The third-order valence-electron chi connectivity index (χ3n) is 3.17. The maximum atomic E-state index is 9.07. The largest absolute Gasteiger partial charge is 0.396 e. The molecule has 0 amide bonds. The summed E-state index contributed by atoms with van der Waals surface area (Å²) in [6, 6.07) is 4.29. The van der Waals surface area contributed by atoms with Gasteiger partial charge in [0.1, 0.15) is 6.07 Å². The normalized spacial score (nSPS) is 15.1. The molecule has 1 fully saturated rings. The molecule has 0 spiro atoms. The number of aliphatic hydroxyl groups excluding tert-OH is 1. The van der Waals surface area contributed by atoms with Crippen LogP contribution in [0.2, 0.25) is 0 Å². The van der Waals surface area contributed by atoms with E-state index in [2.05, 4.69) is 21.2 Å². The Morgan fingerprint density at radius 1 is 1.53 bits per heavy atom.